The number of thiazole rings is 1. The van der Waals surface area contributed by atoms with E-state index < -0.39 is 0 Å². The fourth-order valence-electron chi connectivity index (χ4n) is 4.33. The molecule has 184 valence electrons. The van der Waals surface area contributed by atoms with Crippen LogP contribution in [0.1, 0.15) is 5.56 Å². The Hall–Kier alpha value is -3.88. The van der Waals surface area contributed by atoms with E-state index >= 15 is 0 Å². The van der Waals surface area contributed by atoms with Gasteiger partial charge in [0.1, 0.15) is 16.6 Å². The Bertz CT molecular complexity index is 1800. The molecule has 0 saturated heterocycles. The summed E-state index contributed by atoms with van der Waals surface area (Å²) >= 11 is 3.82. The molecule has 0 amide bonds. The lowest BCUT2D eigenvalue weighted by molar-refractivity contribution is 0.474. The van der Waals surface area contributed by atoms with Crippen molar-refractivity contribution < 1.29 is 9.50 Å². The van der Waals surface area contributed by atoms with Crippen molar-refractivity contribution in [2.45, 2.75) is 0 Å². The highest BCUT2D eigenvalue weighted by molar-refractivity contribution is 14.1. The number of phenolic OH excluding ortho intramolecular Hbond substituents is 1. The first-order valence-corrected chi connectivity index (χ1v) is 13.8. The molecule has 0 aliphatic heterocycles. The fourth-order valence-corrected chi connectivity index (χ4v) is 5.91. The van der Waals surface area contributed by atoms with Crippen molar-refractivity contribution in [2.75, 3.05) is 0 Å². The van der Waals surface area contributed by atoms with E-state index in [4.69, 9.17) is 9.98 Å². The lowest BCUT2D eigenvalue weighted by Gasteiger charge is -2.08. The van der Waals surface area contributed by atoms with E-state index in [1.807, 2.05) is 54.6 Å². The normalized spacial score (nSPS) is 11.4. The first-order valence-electron chi connectivity index (χ1n) is 11.9. The molecule has 6 heteroatoms. The molecule has 0 aliphatic rings. The first kappa shape index (κ1) is 24.5. The van der Waals surface area contributed by atoms with Gasteiger partial charge in [-0.1, -0.05) is 54.6 Å². The number of aliphatic imine (C=N–C) groups is 1. The van der Waals surface area contributed by atoms with Gasteiger partial charge < -0.3 is 5.11 Å². The highest BCUT2D eigenvalue weighted by atomic mass is 127. The van der Waals surface area contributed by atoms with E-state index in [1.54, 1.807) is 35.8 Å². The smallest absolute Gasteiger partial charge is 0.126 e. The number of phenols is 1. The lowest BCUT2D eigenvalue weighted by Crippen LogP contribution is -1.86. The zero-order valence-electron chi connectivity index (χ0n) is 20.0. The van der Waals surface area contributed by atoms with Crippen molar-refractivity contribution in [1.82, 2.24) is 4.98 Å². The minimum absolute atomic E-state index is 0.187. The van der Waals surface area contributed by atoms with Gasteiger partial charge in [-0.25, -0.2) is 9.37 Å². The second-order valence-electron chi connectivity index (χ2n) is 8.74. The van der Waals surface area contributed by atoms with Crippen LogP contribution in [-0.4, -0.2) is 16.3 Å². The molecule has 0 radical (unpaired) electrons. The molecule has 0 saturated carbocycles. The number of aromatic nitrogens is 1. The number of benzene rings is 5. The molecular weight excluding hydrogens is 606 g/mol. The van der Waals surface area contributed by atoms with E-state index in [0.717, 1.165) is 52.3 Å². The van der Waals surface area contributed by atoms with Crippen LogP contribution >= 0.6 is 33.9 Å². The van der Waals surface area contributed by atoms with Crippen LogP contribution in [-0.2, 0) is 0 Å². The van der Waals surface area contributed by atoms with Crippen LogP contribution in [0.5, 0.6) is 5.75 Å². The third-order valence-corrected chi connectivity index (χ3v) is 7.93. The van der Waals surface area contributed by atoms with E-state index in [0.29, 0.717) is 5.56 Å². The van der Waals surface area contributed by atoms with Gasteiger partial charge >= 0.3 is 0 Å². The molecule has 38 heavy (non-hydrogen) atoms. The number of fused-ring (bicyclic) bond motifs is 1. The Morgan fingerprint density at radius 2 is 1.53 bits per heavy atom. The van der Waals surface area contributed by atoms with Gasteiger partial charge in [-0.15, -0.1) is 11.3 Å². The minimum Gasteiger partial charge on any atom is -0.507 e. The molecule has 0 atom stereocenters. The summed E-state index contributed by atoms with van der Waals surface area (Å²) < 4.78 is 15.7. The predicted octanol–water partition coefficient (Wildman–Crippen LogP) is 9.50. The highest BCUT2D eigenvalue weighted by Gasteiger charge is 2.16. The summed E-state index contributed by atoms with van der Waals surface area (Å²) in [6.45, 7) is 0. The van der Waals surface area contributed by atoms with Gasteiger partial charge in [0.2, 0.25) is 0 Å². The molecule has 0 aliphatic carbocycles. The average molecular weight is 626 g/mol. The minimum atomic E-state index is -0.256. The molecular formula is C32H20FIN2OS. The Kier molecular flexibility index (Phi) is 6.74. The summed E-state index contributed by atoms with van der Waals surface area (Å²) in [6, 6.07) is 34.3. The summed E-state index contributed by atoms with van der Waals surface area (Å²) in [5, 5.41) is 11.1. The maximum Gasteiger partial charge on any atom is 0.126 e. The van der Waals surface area contributed by atoms with Crippen molar-refractivity contribution >= 4 is 56.0 Å². The summed E-state index contributed by atoms with van der Waals surface area (Å²) in [7, 11) is 0. The van der Waals surface area contributed by atoms with Crippen molar-refractivity contribution in [3.63, 3.8) is 0 Å². The van der Waals surface area contributed by atoms with Gasteiger partial charge in [0, 0.05) is 26.5 Å². The van der Waals surface area contributed by atoms with E-state index in [9.17, 15) is 9.50 Å². The summed E-state index contributed by atoms with van der Waals surface area (Å²) in [5.74, 6) is -0.0682. The molecule has 3 nitrogen and oxygen atoms in total. The molecule has 0 bridgehead atoms. The Morgan fingerprint density at radius 1 is 0.763 bits per heavy atom. The lowest BCUT2D eigenvalue weighted by atomic mass is 9.98. The van der Waals surface area contributed by atoms with Gasteiger partial charge in [-0.05, 0) is 93.9 Å². The second kappa shape index (κ2) is 10.5. The van der Waals surface area contributed by atoms with Crippen LogP contribution < -0.4 is 0 Å². The maximum absolute atomic E-state index is 13.6. The van der Waals surface area contributed by atoms with E-state index in [1.165, 1.54) is 12.1 Å². The third-order valence-electron chi connectivity index (χ3n) is 6.22. The number of hydrogen-bond acceptors (Lipinski definition) is 4. The first-order chi connectivity index (χ1) is 18.5. The largest absolute Gasteiger partial charge is 0.507 e. The van der Waals surface area contributed by atoms with Crippen LogP contribution in [0.3, 0.4) is 0 Å². The molecule has 0 fully saturated rings. The van der Waals surface area contributed by atoms with E-state index in [-0.39, 0.29) is 11.6 Å². The van der Waals surface area contributed by atoms with Gasteiger partial charge in [-0.2, -0.15) is 0 Å². The van der Waals surface area contributed by atoms with Crippen LogP contribution in [0.15, 0.2) is 114 Å². The summed E-state index contributed by atoms with van der Waals surface area (Å²) in [5.41, 5.74) is 7.30. The monoisotopic (exact) mass is 626 g/mol. The highest BCUT2D eigenvalue weighted by Crippen LogP contribution is 2.41. The standard InChI is InChI=1S/C32H20FIN2OS/c33-24-12-10-20(11-13-24)22-17-27(21-6-2-1-3-7-21)31-30(18-22)38-32(36-31)26-8-4-5-9-28(26)35-19-23-16-25(34)14-15-29(23)37/h1-19,37H. The number of para-hydroxylation sites is 1. The SMILES string of the molecule is Oc1ccc(I)cc1C=Nc1ccccc1-c1nc2c(-c3ccccc3)cc(-c3ccc(F)cc3)cc2s1. The molecule has 1 aromatic heterocycles. The average Bonchev–Trinajstić information content (AvgIpc) is 3.38. The molecule has 6 rings (SSSR count). The number of hydrogen-bond donors (Lipinski definition) is 1. The second-order valence-corrected chi connectivity index (χ2v) is 11.0. The molecule has 5 aromatic carbocycles. The zero-order chi connectivity index (χ0) is 26.1. The zero-order valence-corrected chi connectivity index (χ0v) is 22.9. The Labute approximate surface area is 237 Å². The van der Waals surface area contributed by atoms with Crippen molar-refractivity contribution in [3.8, 4) is 38.6 Å². The van der Waals surface area contributed by atoms with Gasteiger partial charge in [-0.3, -0.25) is 4.99 Å². The number of aromatic hydroxyl groups is 1. The van der Waals surface area contributed by atoms with E-state index in [2.05, 4.69) is 46.9 Å². The van der Waals surface area contributed by atoms with Crippen molar-refractivity contribution in [1.29, 1.82) is 0 Å². The third kappa shape index (κ3) is 4.97. The molecule has 6 aromatic rings. The maximum atomic E-state index is 13.6. The molecule has 1 N–H and O–H groups in total. The van der Waals surface area contributed by atoms with Gasteiger partial charge in [0.25, 0.3) is 0 Å². The van der Waals surface area contributed by atoms with Gasteiger partial charge in [0.15, 0.2) is 0 Å². The summed E-state index contributed by atoms with van der Waals surface area (Å²) in [6.07, 6.45) is 1.69. The van der Waals surface area contributed by atoms with Crippen molar-refractivity contribution in [2.24, 2.45) is 4.99 Å². The van der Waals surface area contributed by atoms with Crippen LogP contribution in [0, 0.1) is 9.39 Å². The van der Waals surface area contributed by atoms with Crippen molar-refractivity contribution in [3.05, 3.63) is 124 Å². The van der Waals surface area contributed by atoms with Crippen LogP contribution in [0.4, 0.5) is 10.1 Å². The molecule has 0 unspecified atom stereocenters. The predicted molar refractivity (Wildman–Crippen MR) is 164 cm³/mol. The topological polar surface area (TPSA) is 45.5 Å². The van der Waals surface area contributed by atoms with Gasteiger partial charge in [0.05, 0.1) is 15.9 Å². The molecule has 1 heterocycles. The van der Waals surface area contributed by atoms with Crippen LogP contribution in [0.2, 0.25) is 0 Å². The number of nitrogens with zero attached hydrogens (tertiary/aromatic N) is 2. The Balaban J connectivity index is 1.49. The number of halogens is 2. The fraction of sp³-hybridized carbons (Fsp3) is 0. The van der Waals surface area contributed by atoms with Crippen LogP contribution in [0.25, 0.3) is 43.0 Å². The quantitative estimate of drug-likeness (QED) is 0.153. The molecule has 0 spiro atoms. The summed E-state index contributed by atoms with van der Waals surface area (Å²) in [4.78, 5) is 9.81. The Morgan fingerprint density at radius 3 is 2.34 bits per heavy atom. The number of rotatable bonds is 5.